The molecule has 3 nitrogen and oxygen atoms in total. The first kappa shape index (κ1) is 14.9. The van der Waals surface area contributed by atoms with Crippen LogP contribution in [0.15, 0.2) is 48.5 Å². The molecule has 22 heavy (non-hydrogen) atoms. The van der Waals surface area contributed by atoms with Crippen molar-refractivity contribution in [2.45, 2.75) is 12.3 Å². The van der Waals surface area contributed by atoms with E-state index in [-0.39, 0.29) is 17.2 Å². The Balaban J connectivity index is 1.78. The molecule has 1 aliphatic rings. The Morgan fingerprint density at radius 2 is 2.09 bits per heavy atom. The lowest BCUT2D eigenvalue weighted by molar-refractivity contribution is 0.213. The molecule has 0 saturated carbocycles. The molecule has 1 fully saturated rings. The summed E-state index contributed by atoms with van der Waals surface area (Å²) in [7, 11) is 0. The molecule has 0 spiro atoms. The monoisotopic (exact) mass is 316 g/mol. The van der Waals surface area contributed by atoms with E-state index in [1.807, 2.05) is 31.2 Å². The van der Waals surface area contributed by atoms with Gasteiger partial charge >= 0.3 is 6.03 Å². The van der Waals surface area contributed by atoms with Gasteiger partial charge in [-0.05, 0) is 30.7 Å². The lowest BCUT2D eigenvalue weighted by Gasteiger charge is -2.24. The summed E-state index contributed by atoms with van der Waals surface area (Å²) in [6.07, 6.45) is 0. The first-order valence-corrected chi connectivity index (χ1v) is 8.20. The normalized spacial score (nSPS) is 17.5. The average Bonchev–Trinajstić information content (AvgIpc) is 2.97. The van der Waals surface area contributed by atoms with Gasteiger partial charge in [-0.2, -0.15) is 0 Å². The number of nitrogens with one attached hydrogen (secondary N) is 1. The first-order chi connectivity index (χ1) is 10.6. The minimum atomic E-state index is -0.272. The van der Waals surface area contributed by atoms with Crippen LogP contribution in [0.25, 0.3) is 0 Å². The minimum absolute atomic E-state index is 0.191. The van der Waals surface area contributed by atoms with E-state index in [0.717, 1.165) is 17.0 Å². The van der Waals surface area contributed by atoms with Gasteiger partial charge in [-0.1, -0.05) is 30.3 Å². The Morgan fingerprint density at radius 1 is 1.27 bits per heavy atom. The van der Waals surface area contributed by atoms with Gasteiger partial charge in [-0.3, -0.25) is 0 Å². The van der Waals surface area contributed by atoms with Crippen LogP contribution in [0, 0.1) is 12.7 Å². The van der Waals surface area contributed by atoms with Crippen LogP contribution in [0.5, 0.6) is 0 Å². The third-order valence-corrected chi connectivity index (χ3v) is 4.83. The predicted molar refractivity (Wildman–Crippen MR) is 88.5 cm³/mol. The van der Waals surface area contributed by atoms with Gasteiger partial charge in [0, 0.05) is 23.5 Å². The van der Waals surface area contributed by atoms with Crippen LogP contribution in [0.3, 0.4) is 0 Å². The molecule has 2 aromatic carbocycles. The summed E-state index contributed by atoms with van der Waals surface area (Å²) in [5.41, 5.74) is 2.40. The molecular formula is C17H17FN2OS. The van der Waals surface area contributed by atoms with Crippen LogP contribution < -0.4 is 5.32 Å². The highest BCUT2D eigenvalue weighted by molar-refractivity contribution is 7.99. The van der Waals surface area contributed by atoms with Crippen molar-refractivity contribution >= 4 is 23.5 Å². The van der Waals surface area contributed by atoms with Crippen molar-refractivity contribution in [3.05, 3.63) is 65.5 Å². The second-order valence-corrected chi connectivity index (χ2v) is 6.43. The summed E-state index contributed by atoms with van der Waals surface area (Å²) < 4.78 is 14.0. The molecule has 0 radical (unpaired) electrons. The maximum Gasteiger partial charge on any atom is 0.323 e. The number of benzene rings is 2. The molecule has 0 bridgehead atoms. The Kier molecular flexibility index (Phi) is 4.34. The van der Waals surface area contributed by atoms with Crippen LogP contribution in [0.4, 0.5) is 14.9 Å². The highest BCUT2D eigenvalue weighted by Gasteiger charge is 2.32. The van der Waals surface area contributed by atoms with Crippen molar-refractivity contribution in [1.29, 1.82) is 0 Å². The second kappa shape index (κ2) is 6.40. The van der Waals surface area contributed by atoms with E-state index >= 15 is 0 Å². The Labute approximate surface area is 133 Å². The molecular weight excluding hydrogens is 299 g/mol. The molecule has 0 aliphatic carbocycles. The van der Waals surface area contributed by atoms with Crippen molar-refractivity contribution in [3.8, 4) is 0 Å². The summed E-state index contributed by atoms with van der Waals surface area (Å²) in [6, 6.07) is 14.1. The van der Waals surface area contributed by atoms with Crippen molar-refractivity contribution in [2.24, 2.45) is 0 Å². The zero-order valence-electron chi connectivity index (χ0n) is 12.3. The molecule has 1 atom stereocenters. The fraction of sp³-hybridized carbons (Fsp3) is 0.235. The average molecular weight is 316 g/mol. The lowest BCUT2D eigenvalue weighted by atomic mass is 10.2. The van der Waals surface area contributed by atoms with E-state index in [4.69, 9.17) is 0 Å². The second-order valence-electron chi connectivity index (χ2n) is 5.24. The number of hydrogen-bond donors (Lipinski definition) is 1. The van der Waals surface area contributed by atoms with Gasteiger partial charge in [0.25, 0.3) is 0 Å². The fourth-order valence-electron chi connectivity index (χ4n) is 2.53. The molecule has 1 N–H and O–H groups in total. The van der Waals surface area contributed by atoms with Gasteiger partial charge in [0.1, 0.15) is 11.2 Å². The van der Waals surface area contributed by atoms with Gasteiger partial charge < -0.3 is 10.2 Å². The van der Waals surface area contributed by atoms with E-state index in [2.05, 4.69) is 5.32 Å². The predicted octanol–water partition coefficient (Wildman–Crippen LogP) is 4.41. The molecule has 1 saturated heterocycles. The van der Waals surface area contributed by atoms with Gasteiger partial charge in [0.05, 0.1) is 0 Å². The van der Waals surface area contributed by atoms with E-state index < -0.39 is 0 Å². The van der Waals surface area contributed by atoms with Crippen molar-refractivity contribution < 1.29 is 9.18 Å². The zero-order chi connectivity index (χ0) is 15.5. The van der Waals surface area contributed by atoms with E-state index in [1.54, 1.807) is 34.9 Å². The quantitative estimate of drug-likeness (QED) is 0.890. The summed E-state index contributed by atoms with van der Waals surface area (Å²) >= 11 is 1.58. The number of amides is 2. The number of anilines is 1. The standard InChI is InChI=1S/C17H17FN2OS/c1-12-5-4-6-13(11-12)19-17(21)20-9-10-22-16(20)14-7-2-3-8-15(14)18/h2-8,11,16H,9-10H2,1H3,(H,19,21)/t16-/m0/s1. The number of carbonyl (C=O) groups excluding carboxylic acids is 1. The number of nitrogens with zero attached hydrogens (tertiary/aromatic N) is 1. The number of halogens is 1. The summed E-state index contributed by atoms with van der Waals surface area (Å²) in [4.78, 5) is 14.2. The third kappa shape index (κ3) is 3.09. The van der Waals surface area contributed by atoms with Crippen LogP contribution in [0.1, 0.15) is 16.5 Å². The summed E-state index contributed by atoms with van der Waals surface area (Å²) in [6.45, 7) is 2.59. The summed E-state index contributed by atoms with van der Waals surface area (Å²) in [5, 5.41) is 2.62. The Morgan fingerprint density at radius 3 is 2.86 bits per heavy atom. The minimum Gasteiger partial charge on any atom is -0.308 e. The largest absolute Gasteiger partial charge is 0.323 e. The molecule has 3 rings (SSSR count). The third-order valence-electron chi connectivity index (χ3n) is 3.59. The van der Waals surface area contributed by atoms with Gasteiger partial charge in [-0.15, -0.1) is 11.8 Å². The molecule has 5 heteroatoms. The number of rotatable bonds is 2. The highest BCUT2D eigenvalue weighted by atomic mass is 32.2. The number of urea groups is 1. The van der Waals surface area contributed by atoms with E-state index in [9.17, 15) is 9.18 Å². The Hall–Kier alpha value is -2.01. The van der Waals surface area contributed by atoms with E-state index in [0.29, 0.717) is 12.1 Å². The van der Waals surface area contributed by atoms with Gasteiger partial charge in [-0.25, -0.2) is 9.18 Å². The number of aryl methyl sites for hydroxylation is 1. The number of carbonyl (C=O) groups is 1. The zero-order valence-corrected chi connectivity index (χ0v) is 13.1. The maximum atomic E-state index is 14.0. The van der Waals surface area contributed by atoms with Crippen molar-refractivity contribution in [3.63, 3.8) is 0 Å². The fourth-order valence-corrected chi connectivity index (χ4v) is 3.81. The first-order valence-electron chi connectivity index (χ1n) is 7.15. The topological polar surface area (TPSA) is 32.3 Å². The van der Waals surface area contributed by atoms with E-state index in [1.165, 1.54) is 6.07 Å². The molecule has 0 unspecified atom stereocenters. The van der Waals surface area contributed by atoms with Gasteiger partial charge in [0.15, 0.2) is 0 Å². The number of thioether (sulfide) groups is 1. The molecule has 2 amide bonds. The summed E-state index contributed by atoms with van der Waals surface area (Å²) in [5.74, 6) is 0.538. The smallest absolute Gasteiger partial charge is 0.308 e. The highest BCUT2D eigenvalue weighted by Crippen LogP contribution is 2.39. The van der Waals surface area contributed by atoms with Crippen molar-refractivity contribution in [1.82, 2.24) is 4.90 Å². The molecule has 114 valence electrons. The van der Waals surface area contributed by atoms with Crippen LogP contribution in [-0.4, -0.2) is 23.2 Å². The number of hydrogen-bond acceptors (Lipinski definition) is 2. The SMILES string of the molecule is Cc1cccc(NC(=O)N2CCS[C@H]2c2ccccc2F)c1. The van der Waals surface area contributed by atoms with Crippen molar-refractivity contribution in [2.75, 3.05) is 17.6 Å². The molecule has 2 aromatic rings. The molecule has 0 aromatic heterocycles. The molecule has 1 aliphatic heterocycles. The van der Waals surface area contributed by atoms with Crippen LogP contribution in [-0.2, 0) is 0 Å². The lowest BCUT2D eigenvalue weighted by Crippen LogP contribution is -2.34. The molecule has 1 heterocycles. The van der Waals surface area contributed by atoms with Crippen LogP contribution in [0.2, 0.25) is 0 Å². The maximum absolute atomic E-state index is 14.0. The Bertz CT molecular complexity index is 692. The van der Waals surface area contributed by atoms with Crippen LogP contribution >= 0.6 is 11.8 Å². The van der Waals surface area contributed by atoms with Gasteiger partial charge in [0.2, 0.25) is 0 Å².